The molecule has 3 heterocycles. The predicted octanol–water partition coefficient (Wildman–Crippen LogP) is 7.29. The van der Waals surface area contributed by atoms with E-state index >= 15 is 0 Å². The van der Waals surface area contributed by atoms with Crippen LogP contribution in [0.5, 0.6) is 23.0 Å². The third-order valence-electron chi connectivity index (χ3n) is 9.00. The summed E-state index contributed by atoms with van der Waals surface area (Å²) in [6.07, 6.45) is 4.76. The molecule has 3 aromatic carbocycles. The van der Waals surface area contributed by atoms with Gasteiger partial charge in [-0.05, 0) is 67.6 Å². The van der Waals surface area contributed by atoms with E-state index in [-0.39, 0.29) is 24.5 Å². The lowest BCUT2D eigenvalue weighted by Crippen LogP contribution is -2.52. The number of hydrogen-bond acceptors (Lipinski definition) is 7. The molecular weight excluding hydrogens is 623 g/mol. The number of Topliss-reactive ketones (excluding diaryl/α,β-unsaturated/α-hetero) is 1. The number of ketones is 1. The lowest BCUT2D eigenvalue weighted by molar-refractivity contribution is -0.153. The van der Waals surface area contributed by atoms with E-state index in [9.17, 15) is 14.0 Å². The van der Waals surface area contributed by atoms with Crippen molar-refractivity contribution < 1.29 is 32.9 Å². The van der Waals surface area contributed by atoms with Crippen LogP contribution < -0.4 is 14.2 Å². The predicted molar refractivity (Wildman–Crippen MR) is 177 cm³/mol. The zero-order valence-electron chi connectivity index (χ0n) is 26.7. The molecule has 2 aliphatic heterocycles. The lowest BCUT2D eigenvalue weighted by atomic mass is 9.77. The highest BCUT2D eigenvalue weighted by Gasteiger charge is 2.41. The Morgan fingerprint density at radius 2 is 1.77 bits per heavy atom. The number of fused-ring (bicyclic) bond motifs is 1. The van der Waals surface area contributed by atoms with Gasteiger partial charge in [-0.3, -0.25) is 14.6 Å². The minimum Gasteiger partial charge on any atom is -0.493 e. The average Bonchev–Trinajstić information content (AvgIpc) is 3.05. The molecule has 2 aliphatic rings. The zero-order chi connectivity index (χ0) is 33.0. The van der Waals surface area contributed by atoms with E-state index in [1.54, 1.807) is 55.8 Å². The monoisotopic (exact) mass is 660 g/mol. The summed E-state index contributed by atoms with van der Waals surface area (Å²) in [4.78, 5) is 31.9. The first kappa shape index (κ1) is 32.7. The van der Waals surface area contributed by atoms with Crippen molar-refractivity contribution in [1.29, 1.82) is 0 Å². The number of amides is 1. The Labute approximate surface area is 278 Å². The van der Waals surface area contributed by atoms with Crippen LogP contribution in [0.3, 0.4) is 0 Å². The summed E-state index contributed by atoms with van der Waals surface area (Å²) in [5.74, 6) is 1.70. The van der Waals surface area contributed by atoms with Gasteiger partial charge in [0.2, 0.25) is 5.91 Å². The van der Waals surface area contributed by atoms with Crippen LogP contribution in [-0.4, -0.2) is 61.6 Å². The van der Waals surface area contributed by atoms with Crippen molar-refractivity contribution >= 4 is 34.2 Å². The van der Waals surface area contributed by atoms with E-state index in [1.165, 1.54) is 6.07 Å². The van der Waals surface area contributed by atoms with Gasteiger partial charge in [0.1, 0.15) is 23.1 Å². The van der Waals surface area contributed by atoms with E-state index < -0.39 is 5.82 Å². The van der Waals surface area contributed by atoms with Crippen LogP contribution in [0.2, 0.25) is 5.02 Å². The van der Waals surface area contributed by atoms with Crippen molar-refractivity contribution in [2.75, 3.05) is 40.0 Å². The standard InChI is InChI=1S/C37H38ClFN2O6/c1-24-5-8-31(39)26(16-24)18-27(42)17-25-6-7-28(19-30(25)38)47-33-9-12-40-32-21-35(34(44-2)20-29(32)33)46-15-3-4-36(43)41-13-10-37(11-14-41)22-45-23-37/h5-9,12,16,19-21H,3-4,10-11,13-15,17-18,22-23H2,1-2H3. The highest BCUT2D eigenvalue weighted by Crippen LogP contribution is 2.39. The summed E-state index contributed by atoms with van der Waals surface area (Å²) in [6, 6.07) is 15.2. The maximum absolute atomic E-state index is 14.1. The molecule has 2 saturated heterocycles. The molecule has 1 aromatic heterocycles. The van der Waals surface area contributed by atoms with Gasteiger partial charge in [0.15, 0.2) is 11.5 Å². The van der Waals surface area contributed by atoms with E-state index in [0.717, 1.165) is 44.7 Å². The number of aryl methyl sites for hydroxylation is 1. The number of aromatic nitrogens is 1. The van der Waals surface area contributed by atoms with Crippen LogP contribution in [0.4, 0.5) is 4.39 Å². The van der Waals surface area contributed by atoms with Gasteiger partial charge >= 0.3 is 0 Å². The molecule has 10 heteroatoms. The normalized spacial score (nSPS) is 15.4. The largest absolute Gasteiger partial charge is 0.493 e. The Bertz CT molecular complexity index is 1780. The Morgan fingerprint density at radius 3 is 2.49 bits per heavy atom. The Kier molecular flexibility index (Phi) is 9.94. The van der Waals surface area contributed by atoms with Crippen molar-refractivity contribution in [2.24, 2.45) is 5.41 Å². The number of piperidine rings is 1. The molecule has 0 unspecified atom stereocenters. The minimum atomic E-state index is -0.392. The van der Waals surface area contributed by atoms with E-state index in [4.69, 9.17) is 30.5 Å². The van der Waals surface area contributed by atoms with Crippen molar-refractivity contribution in [3.05, 3.63) is 88.3 Å². The number of halogens is 2. The SMILES string of the molecule is COc1cc2c(Oc3ccc(CC(=O)Cc4cc(C)ccc4F)c(Cl)c3)ccnc2cc1OCCCC(=O)N1CCC2(CC1)COC2. The van der Waals surface area contributed by atoms with Gasteiger partial charge in [-0.15, -0.1) is 0 Å². The van der Waals surface area contributed by atoms with Gasteiger partial charge in [-0.1, -0.05) is 35.4 Å². The second-order valence-corrected chi connectivity index (χ2v) is 12.9. The van der Waals surface area contributed by atoms with Gasteiger partial charge in [0, 0.05) is 60.4 Å². The molecule has 246 valence electrons. The molecule has 4 aromatic rings. The van der Waals surface area contributed by atoms with Gasteiger partial charge in [-0.25, -0.2) is 4.39 Å². The molecule has 2 fully saturated rings. The van der Waals surface area contributed by atoms with Crippen LogP contribution in [0.15, 0.2) is 60.8 Å². The van der Waals surface area contributed by atoms with Crippen LogP contribution in [0.1, 0.15) is 42.4 Å². The number of ether oxygens (including phenoxy) is 4. The van der Waals surface area contributed by atoms with Gasteiger partial charge in [-0.2, -0.15) is 0 Å². The molecule has 0 saturated carbocycles. The fourth-order valence-corrected chi connectivity index (χ4v) is 6.39. The van der Waals surface area contributed by atoms with Gasteiger partial charge in [0.05, 0.1) is 32.4 Å². The Balaban J connectivity index is 1.06. The van der Waals surface area contributed by atoms with E-state index in [1.807, 2.05) is 17.9 Å². The van der Waals surface area contributed by atoms with Crippen molar-refractivity contribution in [3.63, 3.8) is 0 Å². The molecular formula is C37H38ClFN2O6. The molecule has 8 nitrogen and oxygen atoms in total. The quantitative estimate of drug-likeness (QED) is 0.148. The summed E-state index contributed by atoms with van der Waals surface area (Å²) < 4.78 is 37.4. The molecule has 1 spiro atoms. The molecule has 47 heavy (non-hydrogen) atoms. The fourth-order valence-electron chi connectivity index (χ4n) is 6.15. The zero-order valence-corrected chi connectivity index (χ0v) is 27.4. The van der Waals surface area contributed by atoms with Crippen molar-refractivity contribution in [2.45, 2.75) is 45.4 Å². The first-order valence-corrected chi connectivity index (χ1v) is 16.3. The summed E-state index contributed by atoms with van der Waals surface area (Å²) in [5.41, 5.74) is 2.85. The van der Waals surface area contributed by atoms with Crippen molar-refractivity contribution in [3.8, 4) is 23.0 Å². The number of pyridine rings is 1. The number of nitrogens with zero attached hydrogens (tertiary/aromatic N) is 2. The Hall–Kier alpha value is -4.21. The Morgan fingerprint density at radius 1 is 0.979 bits per heavy atom. The summed E-state index contributed by atoms with van der Waals surface area (Å²) in [5, 5.41) is 1.09. The highest BCUT2D eigenvalue weighted by atomic mass is 35.5. The number of hydrogen-bond donors (Lipinski definition) is 0. The third-order valence-corrected chi connectivity index (χ3v) is 9.35. The molecule has 0 bridgehead atoms. The van der Waals surface area contributed by atoms with Gasteiger partial charge in [0.25, 0.3) is 0 Å². The first-order chi connectivity index (χ1) is 22.7. The third kappa shape index (κ3) is 7.68. The molecule has 0 atom stereocenters. The highest BCUT2D eigenvalue weighted by molar-refractivity contribution is 6.31. The number of carbonyl (C=O) groups is 2. The van der Waals surface area contributed by atoms with Crippen LogP contribution in [-0.2, 0) is 27.2 Å². The summed E-state index contributed by atoms with van der Waals surface area (Å²) >= 11 is 6.55. The number of benzene rings is 3. The van der Waals surface area contributed by atoms with Crippen molar-refractivity contribution in [1.82, 2.24) is 9.88 Å². The second-order valence-electron chi connectivity index (χ2n) is 12.5. The minimum absolute atomic E-state index is 0.00756. The van der Waals surface area contributed by atoms with E-state index in [0.29, 0.717) is 74.9 Å². The van der Waals surface area contributed by atoms with Crippen LogP contribution in [0, 0.1) is 18.2 Å². The summed E-state index contributed by atoms with van der Waals surface area (Å²) in [7, 11) is 1.57. The molecule has 0 N–H and O–H groups in total. The smallest absolute Gasteiger partial charge is 0.222 e. The summed E-state index contributed by atoms with van der Waals surface area (Å²) in [6.45, 7) is 5.46. The van der Waals surface area contributed by atoms with Crippen LogP contribution in [0.25, 0.3) is 10.9 Å². The topological polar surface area (TPSA) is 87.2 Å². The average molecular weight is 661 g/mol. The number of carbonyl (C=O) groups excluding carboxylic acids is 2. The van der Waals surface area contributed by atoms with E-state index in [2.05, 4.69) is 4.98 Å². The van der Waals surface area contributed by atoms with Gasteiger partial charge < -0.3 is 23.8 Å². The molecule has 0 aliphatic carbocycles. The maximum Gasteiger partial charge on any atom is 0.222 e. The first-order valence-electron chi connectivity index (χ1n) is 15.9. The number of likely N-dealkylation sites (tertiary alicyclic amines) is 1. The van der Waals surface area contributed by atoms with Crippen LogP contribution >= 0.6 is 11.6 Å². The molecule has 1 amide bonds. The molecule has 6 rings (SSSR count). The fraction of sp³-hybridized carbons (Fsp3) is 0.378. The molecule has 0 radical (unpaired) electrons. The maximum atomic E-state index is 14.1. The number of rotatable bonds is 12. The second kappa shape index (κ2) is 14.3. The number of methoxy groups -OCH3 is 1. The lowest BCUT2D eigenvalue weighted by Gasteiger charge is -2.47.